The van der Waals surface area contributed by atoms with Gasteiger partial charge in [0.2, 0.25) is 0 Å². The summed E-state index contributed by atoms with van der Waals surface area (Å²) in [6.07, 6.45) is 0.956. The van der Waals surface area contributed by atoms with Crippen LogP contribution < -0.4 is 0 Å². The highest BCUT2D eigenvalue weighted by Crippen LogP contribution is 2.54. The van der Waals surface area contributed by atoms with Crippen LogP contribution in [0.3, 0.4) is 0 Å². The lowest BCUT2D eigenvalue weighted by Gasteiger charge is -2.01. The molecule has 0 unspecified atom stereocenters. The van der Waals surface area contributed by atoms with E-state index in [1.165, 1.54) is 5.56 Å². The summed E-state index contributed by atoms with van der Waals surface area (Å²) in [5.41, 5.74) is 1.37. The van der Waals surface area contributed by atoms with Gasteiger partial charge in [0.25, 0.3) is 0 Å². The predicted octanol–water partition coefficient (Wildman–Crippen LogP) is 4.11. The Morgan fingerprint density at radius 3 is 2.50 bits per heavy atom. The fraction of sp³-hybridized carbons (Fsp3) is 0.455. The molecule has 1 aliphatic rings. The molecular weight excluding hydrogens is 235 g/mol. The number of benzene rings is 1. The van der Waals surface area contributed by atoms with E-state index in [1.807, 2.05) is 17.8 Å². The zero-order valence-electron chi connectivity index (χ0n) is 7.75. The van der Waals surface area contributed by atoms with Crippen LogP contribution in [0.25, 0.3) is 0 Å². The average Bonchev–Trinajstić information content (AvgIpc) is 2.76. The lowest BCUT2D eigenvalue weighted by Crippen LogP contribution is -1.93. The molecule has 1 fully saturated rings. The number of alkyl halides is 2. The maximum Gasteiger partial charge on any atom is 0.122 e. The van der Waals surface area contributed by atoms with Gasteiger partial charge in [0.15, 0.2) is 0 Å². The first-order valence-electron chi connectivity index (χ1n) is 4.68. The summed E-state index contributed by atoms with van der Waals surface area (Å²) in [5.74, 6) is 2.63. The fourth-order valence-corrected chi connectivity index (χ4v) is 3.29. The minimum atomic E-state index is -0.413. The topological polar surface area (TPSA) is 0 Å². The molecule has 0 nitrogen and oxygen atoms in total. The second kappa shape index (κ2) is 4.34. The van der Waals surface area contributed by atoms with Crippen molar-refractivity contribution in [2.24, 2.45) is 5.92 Å². The van der Waals surface area contributed by atoms with Gasteiger partial charge >= 0.3 is 0 Å². The molecule has 0 aliphatic heterocycles. The summed E-state index contributed by atoms with van der Waals surface area (Å²) in [7, 11) is 0. The van der Waals surface area contributed by atoms with Crippen molar-refractivity contribution in [1.82, 2.24) is 0 Å². The second-order valence-corrected chi connectivity index (χ2v) is 6.24. The number of hydrogen-bond acceptors (Lipinski definition) is 1. The van der Waals surface area contributed by atoms with Gasteiger partial charge in [-0.1, -0.05) is 30.3 Å². The van der Waals surface area contributed by atoms with Crippen LogP contribution in [0.2, 0.25) is 0 Å². The van der Waals surface area contributed by atoms with Crippen molar-refractivity contribution in [1.29, 1.82) is 0 Å². The van der Waals surface area contributed by atoms with Crippen LogP contribution in [-0.4, -0.2) is 10.1 Å². The highest BCUT2D eigenvalue weighted by Gasteiger charge is 2.50. The van der Waals surface area contributed by atoms with Gasteiger partial charge in [-0.05, 0) is 17.7 Å². The summed E-state index contributed by atoms with van der Waals surface area (Å²) in [6, 6.07) is 10.5. The maximum atomic E-state index is 5.94. The zero-order chi connectivity index (χ0) is 10.0. The molecule has 0 N–H and O–H groups in total. The van der Waals surface area contributed by atoms with Gasteiger partial charge in [-0.15, -0.1) is 23.2 Å². The Hall–Kier alpha value is 0.150. The van der Waals surface area contributed by atoms with Crippen molar-refractivity contribution in [3.8, 4) is 0 Å². The van der Waals surface area contributed by atoms with E-state index in [0.29, 0.717) is 5.92 Å². The summed E-state index contributed by atoms with van der Waals surface area (Å²) < 4.78 is -0.413. The number of hydrogen-bond donors (Lipinski definition) is 0. The van der Waals surface area contributed by atoms with E-state index in [9.17, 15) is 0 Å². The van der Waals surface area contributed by atoms with Crippen molar-refractivity contribution in [3.63, 3.8) is 0 Å². The van der Waals surface area contributed by atoms with Crippen LogP contribution in [0.4, 0.5) is 0 Å². The maximum absolute atomic E-state index is 5.94. The van der Waals surface area contributed by atoms with E-state index in [4.69, 9.17) is 23.2 Å². The van der Waals surface area contributed by atoms with Crippen molar-refractivity contribution < 1.29 is 0 Å². The molecule has 0 saturated heterocycles. The number of halogens is 2. The molecule has 1 saturated carbocycles. The van der Waals surface area contributed by atoms with Gasteiger partial charge in [0.1, 0.15) is 4.33 Å². The fourth-order valence-electron chi connectivity index (χ4n) is 1.34. The summed E-state index contributed by atoms with van der Waals surface area (Å²) >= 11 is 13.8. The molecule has 1 atom stereocenters. The van der Waals surface area contributed by atoms with E-state index in [-0.39, 0.29) is 0 Å². The monoisotopic (exact) mass is 246 g/mol. The third kappa shape index (κ3) is 2.82. The Kier molecular flexibility index (Phi) is 3.30. The van der Waals surface area contributed by atoms with Gasteiger partial charge in [-0.3, -0.25) is 0 Å². The Bertz CT molecular complexity index is 297. The molecule has 14 heavy (non-hydrogen) atoms. The molecule has 0 amide bonds. The first-order chi connectivity index (χ1) is 6.68. The molecule has 0 aromatic heterocycles. The first-order valence-corrected chi connectivity index (χ1v) is 6.59. The number of rotatable bonds is 4. The smallest absolute Gasteiger partial charge is 0.122 e. The summed E-state index contributed by atoms with van der Waals surface area (Å²) in [4.78, 5) is 0. The Balaban J connectivity index is 1.69. The van der Waals surface area contributed by atoms with Crippen LogP contribution in [-0.2, 0) is 5.75 Å². The van der Waals surface area contributed by atoms with Crippen molar-refractivity contribution >= 4 is 35.0 Å². The molecule has 76 valence electrons. The van der Waals surface area contributed by atoms with Crippen molar-refractivity contribution in [2.75, 3.05) is 5.75 Å². The van der Waals surface area contributed by atoms with Crippen LogP contribution >= 0.6 is 35.0 Å². The first kappa shape index (κ1) is 10.7. The van der Waals surface area contributed by atoms with Gasteiger partial charge < -0.3 is 0 Å². The summed E-state index contributed by atoms with van der Waals surface area (Å²) in [5, 5.41) is 0. The van der Waals surface area contributed by atoms with Crippen LogP contribution in [0.15, 0.2) is 30.3 Å². The van der Waals surface area contributed by atoms with Gasteiger partial charge in [-0.25, -0.2) is 0 Å². The quantitative estimate of drug-likeness (QED) is 0.721. The highest BCUT2D eigenvalue weighted by atomic mass is 35.5. The Labute approximate surface area is 99.0 Å². The Morgan fingerprint density at radius 1 is 1.29 bits per heavy atom. The van der Waals surface area contributed by atoms with Crippen LogP contribution in [0.5, 0.6) is 0 Å². The third-order valence-corrected chi connectivity index (χ3v) is 4.49. The van der Waals surface area contributed by atoms with E-state index < -0.39 is 4.33 Å². The SMILES string of the molecule is ClC1(Cl)C[C@@H]1CSCc1ccccc1. The molecule has 0 spiro atoms. The van der Waals surface area contributed by atoms with E-state index in [2.05, 4.69) is 24.3 Å². The predicted molar refractivity (Wildman–Crippen MR) is 65.1 cm³/mol. The van der Waals surface area contributed by atoms with Crippen LogP contribution in [0, 0.1) is 5.92 Å². The molecule has 3 heteroatoms. The lowest BCUT2D eigenvalue weighted by molar-refractivity contribution is 0.979. The zero-order valence-corrected chi connectivity index (χ0v) is 10.1. The van der Waals surface area contributed by atoms with Crippen molar-refractivity contribution in [2.45, 2.75) is 16.5 Å². The lowest BCUT2D eigenvalue weighted by atomic mass is 10.2. The van der Waals surface area contributed by atoms with Crippen LogP contribution in [0.1, 0.15) is 12.0 Å². The molecule has 0 radical (unpaired) electrons. The molecule has 1 aromatic rings. The van der Waals surface area contributed by atoms with Gasteiger partial charge in [0, 0.05) is 11.7 Å². The van der Waals surface area contributed by atoms with Crippen molar-refractivity contribution in [3.05, 3.63) is 35.9 Å². The number of thioether (sulfide) groups is 1. The van der Waals surface area contributed by atoms with Gasteiger partial charge in [0.05, 0.1) is 0 Å². The molecule has 2 rings (SSSR count). The van der Waals surface area contributed by atoms with E-state index >= 15 is 0 Å². The molecule has 1 aliphatic carbocycles. The molecule has 0 bridgehead atoms. The minimum absolute atomic E-state index is 0.413. The largest absolute Gasteiger partial charge is 0.157 e. The molecule has 0 heterocycles. The van der Waals surface area contributed by atoms with E-state index in [0.717, 1.165) is 17.9 Å². The molecular formula is C11H12Cl2S. The highest BCUT2D eigenvalue weighted by molar-refractivity contribution is 7.98. The average molecular weight is 247 g/mol. The van der Waals surface area contributed by atoms with Gasteiger partial charge in [-0.2, -0.15) is 11.8 Å². The second-order valence-electron chi connectivity index (χ2n) is 3.66. The normalized spacial score (nSPS) is 23.4. The standard InChI is InChI=1S/C11H12Cl2S/c12-11(13)6-10(11)8-14-7-9-4-2-1-3-5-9/h1-5,10H,6-8H2/t10-/m1/s1. The summed E-state index contributed by atoms with van der Waals surface area (Å²) in [6.45, 7) is 0. The minimum Gasteiger partial charge on any atom is -0.157 e. The third-order valence-electron chi connectivity index (χ3n) is 2.39. The van der Waals surface area contributed by atoms with E-state index in [1.54, 1.807) is 0 Å². The molecule has 1 aromatic carbocycles. The Morgan fingerprint density at radius 2 is 1.93 bits per heavy atom.